The van der Waals surface area contributed by atoms with E-state index in [4.69, 9.17) is 0 Å². The molecular weight excluding hydrogens is 431 g/mol. The average molecular weight is 456 g/mol. The third kappa shape index (κ3) is 7.12. The molecule has 8 heteroatoms. The van der Waals surface area contributed by atoms with Crippen LogP contribution in [0.3, 0.4) is 0 Å². The van der Waals surface area contributed by atoms with E-state index < -0.39 is 0 Å². The predicted octanol–water partition coefficient (Wildman–Crippen LogP) is 1.36. The van der Waals surface area contributed by atoms with E-state index in [-0.39, 0.29) is 36.4 Å². The molecule has 0 spiro atoms. The number of nitrogens with zero attached hydrogens (tertiary/aromatic N) is 4. The lowest BCUT2D eigenvalue weighted by molar-refractivity contribution is -0.127. The molecule has 0 aliphatic carbocycles. The molecule has 0 aliphatic rings. The molecule has 2 N–H and O–H groups in total. The van der Waals surface area contributed by atoms with Crippen LogP contribution in [0.2, 0.25) is 0 Å². The standard InChI is InChI=1S/C17H24N6O.HI/c1-22(2)16(24)13-20-17(18-11-14-7-5-4-6-8-14)19-12-15-9-10-21-23(15)3;/h4-10H,11-13H2,1-3H3,(H2,18,19,20);1H. The molecule has 0 unspecified atom stereocenters. The molecule has 1 aromatic heterocycles. The lowest BCUT2D eigenvalue weighted by atomic mass is 10.2. The number of aliphatic imine (C=N–C) groups is 1. The summed E-state index contributed by atoms with van der Waals surface area (Å²) < 4.78 is 1.80. The molecule has 1 amide bonds. The van der Waals surface area contributed by atoms with E-state index in [0.29, 0.717) is 19.0 Å². The van der Waals surface area contributed by atoms with Crippen LogP contribution in [0.5, 0.6) is 0 Å². The van der Waals surface area contributed by atoms with Gasteiger partial charge in [-0.3, -0.25) is 9.48 Å². The van der Waals surface area contributed by atoms with Crippen LogP contribution < -0.4 is 10.6 Å². The third-order valence-corrected chi connectivity index (χ3v) is 3.53. The first-order chi connectivity index (χ1) is 11.6. The number of nitrogens with one attached hydrogen (secondary N) is 2. The van der Waals surface area contributed by atoms with Crippen LogP contribution >= 0.6 is 24.0 Å². The fourth-order valence-corrected chi connectivity index (χ4v) is 1.99. The Morgan fingerprint density at radius 1 is 1.20 bits per heavy atom. The van der Waals surface area contributed by atoms with E-state index in [2.05, 4.69) is 20.7 Å². The van der Waals surface area contributed by atoms with Gasteiger partial charge in [0.25, 0.3) is 0 Å². The Bertz CT molecular complexity index is 683. The minimum atomic E-state index is -0.00950. The third-order valence-electron chi connectivity index (χ3n) is 3.53. The smallest absolute Gasteiger partial charge is 0.241 e. The Balaban J connectivity index is 0.00000312. The van der Waals surface area contributed by atoms with Gasteiger partial charge in [-0.2, -0.15) is 5.10 Å². The molecule has 7 nitrogen and oxygen atoms in total. The largest absolute Gasteiger partial charge is 0.351 e. The number of likely N-dealkylation sites (N-methyl/N-ethyl adjacent to an activating group) is 1. The molecule has 2 aromatic rings. The van der Waals surface area contributed by atoms with Crippen molar-refractivity contribution in [3.05, 3.63) is 53.9 Å². The van der Waals surface area contributed by atoms with Gasteiger partial charge in [-0.05, 0) is 11.6 Å². The molecule has 0 radical (unpaired) electrons. The number of rotatable bonds is 6. The Kier molecular flexibility index (Phi) is 8.96. The lowest BCUT2D eigenvalue weighted by Gasteiger charge is -2.15. The molecule has 25 heavy (non-hydrogen) atoms. The molecule has 0 atom stereocenters. The monoisotopic (exact) mass is 456 g/mol. The maximum Gasteiger partial charge on any atom is 0.241 e. The number of amides is 1. The number of benzene rings is 1. The molecule has 0 fully saturated rings. The van der Waals surface area contributed by atoms with Gasteiger partial charge in [0.1, 0.15) is 0 Å². The Morgan fingerprint density at radius 3 is 2.52 bits per heavy atom. The number of hydrogen-bond acceptors (Lipinski definition) is 3. The van der Waals surface area contributed by atoms with Crippen molar-refractivity contribution in [2.24, 2.45) is 12.0 Å². The first-order valence-electron chi connectivity index (χ1n) is 7.79. The zero-order valence-electron chi connectivity index (χ0n) is 14.8. The molecule has 1 aromatic carbocycles. The normalized spacial score (nSPS) is 10.8. The Labute approximate surface area is 165 Å². The summed E-state index contributed by atoms with van der Waals surface area (Å²) in [6, 6.07) is 11.9. The molecule has 0 aliphatic heterocycles. The second-order valence-electron chi connectivity index (χ2n) is 5.59. The van der Waals surface area contributed by atoms with Crippen LogP contribution in [-0.2, 0) is 24.9 Å². The number of aromatic nitrogens is 2. The maximum absolute atomic E-state index is 11.8. The summed E-state index contributed by atoms with van der Waals surface area (Å²) in [5.41, 5.74) is 2.14. The molecule has 0 saturated heterocycles. The summed E-state index contributed by atoms with van der Waals surface area (Å²) in [6.07, 6.45) is 1.75. The molecule has 2 rings (SSSR count). The van der Waals surface area contributed by atoms with E-state index in [9.17, 15) is 4.79 Å². The molecule has 0 bridgehead atoms. The van der Waals surface area contributed by atoms with Crippen molar-refractivity contribution >= 4 is 35.8 Å². The lowest BCUT2D eigenvalue weighted by Crippen LogP contribution is -2.42. The number of aryl methyl sites for hydroxylation is 1. The van der Waals surface area contributed by atoms with Crippen molar-refractivity contribution in [1.82, 2.24) is 25.3 Å². The summed E-state index contributed by atoms with van der Waals surface area (Å²) in [4.78, 5) is 17.9. The quantitative estimate of drug-likeness (QED) is 0.391. The van der Waals surface area contributed by atoms with E-state index in [0.717, 1.165) is 11.3 Å². The molecule has 136 valence electrons. The van der Waals surface area contributed by atoms with Crippen LogP contribution in [0.1, 0.15) is 11.3 Å². The van der Waals surface area contributed by atoms with Gasteiger partial charge in [0, 0.05) is 27.3 Å². The van der Waals surface area contributed by atoms with Gasteiger partial charge in [-0.25, -0.2) is 4.99 Å². The second kappa shape index (κ2) is 10.7. The van der Waals surface area contributed by atoms with Crippen molar-refractivity contribution in [2.75, 3.05) is 20.6 Å². The minimum Gasteiger partial charge on any atom is -0.351 e. The first kappa shape index (κ1) is 20.9. The van der Waals surface area contributed by atoms with Crippen molar-refractivity contribution in [2.45, 2.75) is 13.1 Å². The first-order valence-corrected chi connectivity index (χ1v) is 7.79. The van der Waals surface area contributed by atoms with Crippen molar-refractivity contribution < 1.29 is 4.79 Å². The van der Waals surface area contributed by atoms with Gasteiger partial charge in [-0.1, -0.05) is 30.3 Å². The van der Waals surface area contributed by atoms with Gasteiger partial charge in [0.15, 0.2) is 5.96 Å². The number of hydrogen-bond donors (Lipinski definition) is 2. The molecular formula is C17H25IN6O. The summed E-state index contributed by atoms with van der Waals surface area (Å²) in [6.45, 7) is 1.31. The predicted molar refractivity (Wildman–Crippen MR) is 110 cm³/mol. The average Bonchev–Trinajstić information content (AvgIpc) is 2.99. The summed E-state index contributed by atoms with van der Waals surface area (Å²) >= 11 is 0. The zero-order valence-corrected chi connectivity index (χ0v) is 17.1. The highest BCUT2D eigenvalue weighted by Gasteiger charge is 2.07. The van der Waals surface area contributed by atoms with Gasteiger partial charge < -0.3 is 15.5 Å². The van der Waals surface area contributed by atoms with Gasteiger partial charge in [-0.15, -0.1) is 24.0 Å². The summed E-state index contributed by atoms with van der Waals surface area (Å²) in [5, 5.41) is 10.4. The maximum atomic E-state index is 11.8. The Hall–Kier alpha value is -2.10. The summed E-state index contributed by atoms with van der Waals surface area (Å²) in [7, 11) is 5.35. The highest BCUT2D eigenvalue weighted by molar-refractivity contribution is 14.0. The van der Waals surface area contributed by atoms with E-state index >= 15 is 0 Å². The number of halogens is 1. The van der Waals surface area contributed by atoms with Crippen LogP contribution in [0, 0.1) is 0 Å². The highest BCUT2D eigenvalue weighted by atomic mass is 127. The van der Waals surface area contributed by atoms with E-state index in [1.54, 1.807) is 29.9 Å². The van der Waals surface area contributed by atoms with Crippen LogP contribution in [0.25, 0.3) is 0 Å². The molecule has 0 saturated carbocycles. The van der Waals surface area contributed by atoms with Gasteiger partial charge in [0.05, 0.1) is 25.3 Å². The number of carbonyl (C=O) groups excluding carboxylic acids is 1. The van der Waals surface area contributed by atoms with Gasteiger partial charge in [0.2, 0.25) is 5.91 Å². The fraction of sp³-hybridized carbons (Fsp3) is 0.353. The van der Waals surface area contributed by atoms with Crippen LogP contribution in [-0.4, -0.2) is 47.2 Å². The minimum absolute atomic E-state index is 0. The topological polar surface area (TPSA) is 74.6 Å². The summed E-state index contributed by atoms with van der Waals surface area (Å²) in [5.74, 6) is 0.583. The fourth-order valence-electron chi connectivity index (χ4n) is 1.99. The van der Waals surface area contributed by atoms with Crippen LogP contribution in [0.4, 0.5) is 0 Å². The van der Waals surface area contributed by atoms with Crippen molar-refractivity contribution in [3.63, 3.8) is 0 Å². The van der Waals surface area contributed by atoms with Gasteiger partial charge >= 0.3 is 0 Å². The van der Waals surface area contributed by atoms with E-state index in [1.807, 2.05) is 43.4 Å². The number of carbonyl (C=O) groups is 1. The van der Waals surface area contributed by atoms with Crippen LogP contribution in [0.15, 0.2) is 47.6 Å². The zero-order chi connectivity index (χ0) is 17.4. The second-order valence-corrected chi connectivity index (χ2v) is 5.59. The van der Waals surface area contributed by atoms with E-state index in [1.165, 1.54) is 0 Å². The Morgan fingerprint density at radius 2 is 1.92 bits per heavy atom. The molecule has 1 heterocycles. The number of guanidine groups is 1. The van der Waals surface area contributed by atoms with Crippen molar-refractivity contribution in [3.8, 4) is 0 Å². The SMILES string of the molecule is CN(C)C(=O)CNC(=NCc1ccccc1)NCc1ccnn1C.I. The van der Waals surface area contributed by atoms with Crippen molar-refractivity contribution in [1.29, 1.82) is 0 Å². The highest BCUT2D eigenvalue weighted by Crippen LogP contribution is 2.00.